The van der Waals surface area contributed by atoms with E-state index in [1.54, 1.807) is 0 Å². The fraction of sp³-hybridized carbons (Fsp3) is 0.667. The van der Waals surface area contributed by atoms with Gasteiger partial charge in [-0.2, -0.15) is 0 Å². The van der Waals surface area contributed by atoms with Crippen LogP contribution in [-0.2, 0) is 0 Å². The molecule has 0 saturated heterocycles. The lowest BCUT2D eigenvalue weighted by Crippen LogP contribution is -2.45. The molecule has 1 aliphatic rings. The van der Waals surface area contributed by atoms with Crippen LogP contribution in [0.2, 0.25) is 0 Å². The van der Waals surface area contributed by atoms with Gasteiger partial charge in [-0.3, -0.25) is 0 Å². The first kappa shape index (κ1) is 15.5. The van der Waals surface area contributed by atoms with Crippen LogP contribution in [0.1, 0.15) is 44.6 Å². The highest BCUT2D eigenvalue weighted by molar-refractivity contribution is 5.20. The lowest BCUT2D eigenvalue weighted by Gasteiger charge is -2.41. The first-order chi connectivity index (χ1) is 9.61. The van der Waals surface area contributed by atoms with E-state index in [2.05, 4.69) is 56.1 Å². The molecule has 112 valence electrons. The van der Waals surface area contributed by atoms with E-state index < -0.39 is 0 Å². The first-order valence-corrected chi connectivity index (χ1v) is 8.07. The Kier molecular flexibility index (Phi) is 5.62. The highest BCUT2D eigenvalue weighted by Gasteiger charge is 2.32. The normalized spacial score (nSPS) is 27.2. The van der Waals surface area contributed by atoms with Crippen LogP contribution in [-0.4, -0.2) is 31.1 Å². The molecule has 0 amide bonds. The third-order valence-electron chi connectivity index (χ3n) is 4.75. The second kappa shape index (κ2) is 7.24. The Morgan fingerprint density at radius 1 is 1.20 bits per heavy atom. The summed E-state index contributed by atoms with van der Waals surface area (Å²) in [6.07, 6.45) is 3.82. The standard InChI is InChI=1S/C18H30N2/c1-14(2)13-20(3)18-11-16(9-10-17(18)12-19)15-7-5-4-6-8-15/h4-8,14,16-18H,9-13,19H2,1-3H3. The van der Waals surface area contributed by atoms with Crippen molar-refractivity contribution >= 4 is 0 Å². The van der Waals surface area contributed by atoms with Crippen LogP contribution in [0.3, 0.4) is 0 Å². The van der Waals surface area contributed by atoms with Crippen LogP contribution in [0.5, 0.6) is 0 Å². The zero-order valence-corrected chi connectivity index (χ0v) is 13.3. The lowest BCUT2D eigenvalue weighted by molar-refractivity contribution is 0.111. The average molecular weight is 274 g/mol. The second-order valence-corrected chi connectivity index (χ2v) is 6.82. The minimum atomic E-state index is 0.640. The summed E-state index contributed by atoms with van der Waals surface area (Å²) in [5.74, 6) is 2.09. The summed E-state index contributed by atoms with van der Waals surface area (Å²) in [7, 11) is 2.28. The van der Waals surface area contributed by atoms with Gasteiger partial charge in [-0.05, 0) is 56.2 Å². The average Bonchev–Trinajstić information content (AvgIpc) is 2.46. The summed E-state index contributed by atoms with van der Waals surface area (Å²) in [5.41, 5.74) is 7.53. The van der Waals surface area contributed by atoms with E-state index in [1.165, 1.54) is 31.4 Å². The molecule has 1 saturated carbocycles. The highest BCUT2D eigenvalue weighted by Crippen LogP contribution is 2.37. The zero-order chi connectivity index (χ0) is 14.5. The third kappa shape index (κ3) is 3.83. The van der Waals surface area contributed by atoms with Gasteiger partial charge in [0.25, 0.3) is 0 Å². The van der Waals surface area contributed by atoms with Crippen LogP contribution < -0.4 is 5.73 Å². The van der Waals surface area contributed by atoms with Crippen LogP contribution in [0.25, 0.3) is 0 Å². The molecule has 2 rings (SSSR count). The molecule has 0 aromatic heterocycles. The monoisotopic (exact) mass is 274 g/mol. The van der Waals surface area contributed by atoms with Crippen molar-refractivity contribution in [3.63, 3.8) is 0 Å². The molecular weight excluding hydrogens is 244 g/mol. The predicted octanol–water partition coefficient (Wildman–Crippen LogP) is 3.49. The molecule has 1 aromatic rings. The van der Waals surface area contributed by atoms with Crippen molar-refractivity contribution in [2.45, 2.75) is 45.1 Å². The molecule has 0 bridgehead atoms. The van der Waals surface area contributed by atoms with Gasteiger partial charge >= 0.3 is 0 Å². The van der Waals surface area contributed by atoms with Crippen molar-refractivity contribution in [2.24, 2.45) is 17.6 Å². The maximum Gasteiger partial charge on any atom is 0.0138 e. The minimum Gasteiger partial charge on any atom is -0.330 e. The molecule has 3 atom stereocenters. The Hall–Kier alpha value is -0.860. The SMILES string of the molecule is CC(C)CN(C)C1CC(c2ccccc2)CCC1CN. The van der Waals surface area contributed by atoms with Gasteiger partial charge < -0.3 is 10.6 Å². The van der Waals surface area contributed by atoms with Gasteiger partial charge in [0.2, 0.25) is 0 Å². The second-order valence-electron chi connectivity index (χ2n) is 6.82. The quantitative estimate of drug-likeness (QED) is 0.890. The van der Waals surface area contributed by atoms with Crippen molar-refractivity contribution in [1.29, 1.82) is 0 Å². The number of rotatable bonds is 5. The summed E-state index contributed by atoms with van der Waals surface area (Å²) < 4.78 is 0. The van der Waals surface area contributed by atoms with Crippen LogP contribution >= 0.6 is 0 Å². The molecule has 2 N–H and O–H groups in total. The fourth-order valence-electron chi connectivity index (χ4n) is 3.76. The van der Waals surface area contributed by atoms with Gasteiger partial charge in [0.05, 0.1) is 0 Å². The Bertz CT molecular complexity index is 388. The van der Waals surface area contributed by atoms with Gasteiger partial charge in [0.15, 0.2) is 0 Å². The van der Waals surface area contributed by atoms with Gasteiger partial charge in [-0.1, -0.05) is 44.2 Å². The number of hydrogen-bond donors (Lipinski definition) is 1. The van der Waals surface area contributed by atoms with E-state index >= 15 is 0 Å². The number of nitrogens with two attached hydrogens (primary N) is 1. The van der Waals surface area contributed by atoms with Gasteiger partial charge in [0.1, 0.15) is 0 Å². The summed E-state index contributed by atoms with van der Waals surface area (Å²) in [5, 5.41) is 0. The maximum absolute atomic E-state index is 6.02. The molecule has 2 heteroatoms. The molecule has 1 fully saturated rings. The van der Waals surface area contributed by atoms with Crippen molar-refractivity contribution in [1.82, 2.24) is 4.90 Å². The summed E-state index contributed by atoms with van der Waals surface area (Å²) >= 11 is 0. The van der Waals surface area contributed by atoms with Gasteiger partial charge in [-0.25, -0.2) is 0 Å². The van der Waals surface area contributed by atoms with Gasteiger partial charge in [0, 0.05) is 12.6 Å². The van der Waals surface area contributed by atoms with Crippen molar-refractivity contribution in [3.05, 3.63) is 35.9 Å². The Labute approximate surface area is 124 Å². The molecule has 1 aromatic carbocycles. The van der Waals surface area contributed by atoms with E-state index in [0.717, 1.165) is 12.5 Å². The van der Waals surface area contributed by atoms with Gasteiger partial charge in [-0.15, -0.1) is 0 Å². The summed E-state index contributed by atoms with van der Waals surface area (Å²) in [6, 6.07) is 11.6. The number of nitrogens with zero attached hydrogens (tertiary/aromatic N) is 1. The summed E-state index contributed by atoms with van der Waals surface area (Å²) in [6.45, 7) is 6.59. The Morgan fingerprint density at radius 3 is 2.50 bits per heavy atom. The van der Waals surface area contributed by atoms with Crippen LogP contribution in [0, 0.1) is 11.8 Å². The first-order valence-electron chi connectivity index (χ1n) is 8.07. The predicted molar refractivity (Wildman–Crippen MR) is 86.8 cm³/mol. The van der Waals surface area contributed by atoms with Crippen molar-refractivity contribution in [3.8, 4) is 0 Å². The Morgan fingerprint density at radius 2 is 1.90 bits per heavy atom. The largest absolute Gasteiger partial charge is 0.330 e. The van der Waals surface area contributed by atoms with E-state index in [9.17, 15) is 0 Å². The van der Waals surface area contributed by atoms with E-state index in [4.69, 9.17) is 5.73 Å². The van der Waals surface area contributed by atoms with E-state index in [1.807, 2.05) is 0 Å². The van der Waals surface area contributed by atoms with E-state index in [-0.39, 0.29) is 0 Å². The maximum atomic E-state index is 6.02. The molecule has 0 spiro atoms. The molecule has 0 radical (unpaired) electrons. The molecule has 20 heavy (non-hydrogen) atoms. The molecule has 1 aliphatic carbocycles. The van der Waals surface area contributed by atoms with Crippen molar-refractivity contribution in [2.75, 3.05) is 20.1 Å². The van der Waals surface area contributed by atoms with Crippen LogP contribution in [0.15, 0.2) is 30.3 Å². The minimum absolute atomic E-state index is 0.640. The highest BCUT2D eigenvalue weighted by atomic mass is 15.1. The smallest absolute Gasteiger partial charge is 0.0138 e. The topological polar surface area (TPSA) is 29.3 Å². The molecule has 0 aliphatic heterocycles. The molecule has 3 unspecified atom stereocenters. The molecule has 0 heterocycles. The number of hydrogen-bond acceptors (Lipinski definition) is 2. The molecular formula is C18H30N2. The zero-order valence-electron chi connectivity index (χ0n) is 13.3. The lowest BCUT2D eigenvalue weighted by atomic mass is 9.75. The third-order valence-corrected chi connectivity index (χ3v) is 4.75. The van der Waals surface area contributed by atoms with Crippen LogP contribution in [0.4, 0.5) is 0 Å². The fourth-order valence-corrected chi connectivity index (χ4v) is 3.76. The Balaban J connectivity index is 2.07. The van der Waals surface area contributed by atoms with E-state index in [0.29, 0.717) is 17.9 Å². The number of benzene rings is 1. The summed E-state index contributed by atoms with van der Waals surface area (Å²) in [4.78, 5) is 2.55. The molecule has 2 nitrogen and oxygen atoms in total. The van der Waals surface area contributed by atoms with Crippen molar-refractivity contribution < 1.29 is 0 Å².